The van der Waals surface area contributed by atoms with E-state index in [-0.39, 0.29) is 5.91 Å². The summed E-state index contributed by atoms with van der Waals surface area (Å²) >= 11 is 1.44. The quantitative estimate of drug-likeness (QED) is 0.542. The number of methoxy groups -OCH3 is 2. The van der Waals surface area contributed by atoms with E-state index >= 15 is 0 Å². The molecule has 0 bridgehead atoms. The van der Waals surface area contributed by atoms with Crippen LogP contribution in [-0.2, 0) is 9.53 Å². The van der Waals surface area contributed by atoms with E-state index in [1.54, 1.807) is 14.2 Å². The summed E-state index contributed by atoms with van der Waals surface area (Å²) in [7, 11) is 5.33. The maximum Gasteiger partial charge on any atom is 0.286 e. The smallest absolute Gasteiger partial charge is 0.286 e. The van der Waals surface area contributed by atoms with E-state index in [0.717, 1.165) is 36.9 Å². The summed E-state index contributed by atoms with van der Waals surface area (Å²) in [5, 5.41) is 0.797. The van der Waals surface area contributed by atoms with E-state index < -0.39 is 0 Å². The highest BCUT2D eigenvalue weighted by Crippen LogP contribution is 2.33. The van der Waals surface area contributed by atoms with Gasteiger partial charge in [-0.1, -0.05) is 6.07 Å². The fraction of sp³-hybridized carbons (Fsp3) is 0.474. The van der Waals surface area contributed by atoms with Gasteiger partial charge in [0.05, 0.1) is 18.6 Å². The van der Waals surface area contributed by atoms with Crippen LogP contribution in [0.2, 0.25) is 0 Å². The third-order valence-electron chi connectivity index (χ3n) is 4.41. The zero-order chi connectivity index (χ0) is 19.2. The van der Waals surface area contributed by atoms with Crippen molar-refractivity contribution in [2.75, 3.05) is 60.7 Å². The maximum atomic E-state index is 12.3. The molecule has 27 heavy (non-hydrogen) atoms. The molecule has 2 aliphatic heterocycles. The van der Waals surface area contributed by atoms with Crippen molar-refractivity contribution in [3.05, 3.63) is 28.7 Å². The number of benzene rings is 1. The van der Waals surface area contributed by atoms with Crippen molar-refractivity contribution < 1.29 is 19.0 Å². The number of amides is 1. The molecule has 0 spiro atoms. The van der Waals surface area contributed by atoms with Crippen molar-refractivity contribution in [1.29, 1.82) is 0 Å². The monoisotopic (exact) mass is 391 g/mol. The summed E-state index contributed by atoms with van der Waals surface area (Å²) < 4.78 is 16.0. The summed E-state index contributed by atoms with van der Waals surface area (Å²) in [6.07, 6.45) is 1.85. The minimum Gasteiger partial charge on any atom is -0.493 e. The summed E-state index contributed by atoms with van der Waals surface area (Å²) in [5.74, 6) is 1.08. The van der Waals surface area contributed by atoms with Crippen LogP contribution in [-0.4, -0.2) is 81.5 Å². The largest absolute Gasteiger partial charge is 0.493 e. The Hall–Kier alpha value is -2.03. The zero-order valence-electron chi connectivity index (χ0n) is 15.9. The van der Waals surface area contributed by atoms with Crippen molar-refractivity contribution in [3.63, 3.8) is 0 Å². The van der Waals surface area contributed by atoms with Gasteiger partial charge in [-0.2, -0.15) is 4.99 Å². The molecule has 1 amide bonds. The normalized spacial score (nSPS) is 19.5. The van der Waals surface area contributed by atoms with Gasteiger partial charge in [-0.3, -0.25) is 4.79 Å². The van der Waals surface area contributed by atoms with Crippen LogP contribution >= 0.6 is 11.8 Å². The predicted molar refractivity (Wildman–Crippen MR) is 107 cm³/mol. The number of nitrogens with zero attached hydrogens (tertiary/aromatic N) is 3. The highest BCUT2D eigenvalue weighted by Gasteiger charge is 2.27. The molecule has 146 valence electrons. The Kier molecular flexibility index (Phi) is 6.76. The molecule has 8 heteroatoms. The van der Waals surface area contributed by atoms with Gasteiger partial charge in [-0.15, -0.1) is 0 Å². The van der Waals surface area contributed by atoms with Crippen LogP contribution in [0.5, 0.6) is 11.5 Å². The molecule has 0 N–H and O–H groups in total. The van der Waals surface area contributed by atoms with Crippen molar-refractivity contribution in [1.82, 2.24) is 9.80 Å². The van der Waals surface area contributed by atoms with E-state index in [4.69, 9.17) is 14.2 Å². The van der Waals surface area contributed by atoms with E-state index in [1.165, 1.54) is 11.8 Å². The minimum absolute atomic E-state index is 0.187. The van der Waals surface area contributed by atoms with Gasteiger partial charge in [0, 0.05) is 33.3 Å². The number of amidine groups is 1. The number of carbonyl (C=O) groups excluding carboxylic acids is 1. The number of thioether (sulfide) groups is 1. The molecule has 0 atom stereocenters. The average molecular weight is 391 g/mol. The fourth-order valence-corrected chi connectivity index (χ4v) is 3.78. The maximum absolute atomic E-state index is 12.3. The van der Waals surface area contributed by atoms with Gasteiger partial charge in [-0.25, -0.2) is 0 Å². The summed E-state index contributed by atoms with van der Waals surface area (Å²) in [6, 6.07) is 5.60. The molecule has 2 heterocycles. The first-order valence-corrected chi connectivity index (χ1v) is 9.68. The van der Waals surface area contributed by atoms with Crippen LogP contribution in [0, 0.1) is 0 Å². The Labute approximate surface area is 164 Å². The van der Waals surface area contributed by atoms with E-state index in [0.29, 0.717) is 29.6 Å². The molecule has 0 unspecified atom stereocenters. The standard InChI is InChI=1S/C19H25N3O4S/c1-21-6-8-22(9-7-21)19-20-18(23)17(27-19)13-14-4-5-15(16(12-14)25-3)26-11-10-24-2/h4-5,12-13H,6-11H2,1-3H3/b17-13-. The number of piperazine rings is 1. The number of hydrogen-bond donors (Lipinski definition) is 0. The van der Waals surface area contributed by atoms with Crippen LogP contribution < -0.4 is 9.47 Å². The van der Waals surface area contributed by atoms with Gasteiger partial charge in [0.1, 0.15) is 6.61 Å². The molecule has 0 saturated carbocycles. The molecule has 2 aliphatic rings. The van der Waals surface area contributed by atoms with Gasteiger partial charge in [0.2, 0.25) is 0 Å². The van der Waals surface area contributed by atoms with Crippen LogP contribution in [0.15, 0.2) is 28.1 Å². The lowest BCUT2D eigenvalue weighted by atomic mass is 10.2. The Morgan fingerprint density at radius 1 is 1.15 bits per heavy atom. The minimum atomic E-state index is -0.187. The Morgan fingerprint density at radius 3 is 2.63 bits per heavy atom. The van der Waals surface area contributed by atoms with Gasteiger partial charge < -0.3 is 24.0 Å². The molecule has 3 rings (SSSR count). The number of aliphatic imine (C=N–C) groups is 1. The first-order valence-electron chi connectivity index (χ1n) is 8.86. The summed E-state index contributed by atoms with van der Waals surface area (Å²) in [4.78, 5) is 21.6. The summed E-state index contributed by atoms with van der Waals surface area (Å²) in [6.45, 7) is 4.70. The lowest BCUT2D eigenvalue weighted by Crippen LogP contribution is -2.46. The number of hydrogen-bond acceptors (Lipinski definition) is 7. The number of likely N-dealkylation sites (N-methyl/N-ethyl adjacent to an activating group) is 1. The second-order valence-corrected chi connectivity index (χ2v) is 7.36. The van der Waals surface area contributed by atoms with E-state index in [9.17, 15) is 4.79 Å². The molecule has 7 nitrogen and oxygen atoms in total. The highest BCUT2D eigenvalue weighted by molar-refractivity contribution is 8.18. The topological polar surface area (TPSA) is 63.6 Å². The van der Waals surface area contributed by atoms with Crippen LogP contribution in [0.4, 0.5) is 0 Å². The molecule has 0 aliphatic carbocycles. The predicted octanol–water partition coefficient (Wildman–Crippen LogP) is 1.94. The molecule has 1 saturated heterocycles. The van der Waals surface area contributed by atoms with E-state index in [2.05, 4.69) is 21.8 Å². The fourth-order valence-electron chi connectivity index (χ4n) is 2.81. The Bertz CT molecular complexity index is 742. The second kappa shape index (κ2) is 9.25. The van der Waals surface area contributed by atoms with Crippen LogP contribution in [0.1, 0.15) is 5.56 Å². The average Bonchev–Trinajstić information content (AvgIpc) is 3.04. The molecule has 0 radical (unpaired) electrons. The number of rotatable bonds is 6. The van der Waals surface area contributed by atoms with Crippen molar-refractivity contribution in [3.8, 4) is 11.5 Å². The van der Waals surface area contributed by atoms with Gasteiger partial charge in [0.25, 0.3) is 5.91 Å². The molecular formula is C19H25N3O4S. The van der Waals surface area contributed by atoms with Crippen molar-refractivity contribution >= 4 is 28.9 Å². The molecule has 1 aromatic carbocycles. The zero-order valence-corrected chi connectivity index (χ0v) is 16.8. The molecule has 0 aromatic heterocycles. The molecule has 1 aromatic rings. The molecule has 1 fully saturated rings. The third kappa shape index (κ3) is 5.03. The van der Waals surface area contributed by atoms with Gasteiger partial charge in [-0.05, 0) is 42.6 Å². The summed E-state index contributed by atoms with van der Waals surface area (Å²) in [5.41, 5.74) is 0.872. The second-order valence-electron chi connectivity index (χ2n) is 6.35. The SMILES string of the molecule is COCCOc1ccc(/C=C2\SC(N3CCN(C)CC3)=NC2=O)cc1OC. The lowest BCUT2D eigenvalue weighted by Gasteiger charge is -2.32. The number of carbonyl (C=O) groups is 1. The van der Waals surface area contributed by atoms with E-state index in [1.807, 2.05) is 24.3 Å². The Balaban J connectivity index is 1.68. The van der Waals surface area contributed by atoms with Crippen molar-refractivity contribution in [2.24, 2.45) is 4.99 Å². The highest BCUT2D eigenvalue weighted by atomic mass is 32.2. The first-order chi connectivity index (χ1) is 13.1. The van der Waals surface area contributed by atoms with Gasteiger partial charge >= 0.3 is 0 Å². The first kappa shape index (κ1) is 19.7. The van der Waals surface area contributed by atoms with Gasteiger partial charge in [0.15, 0.2) is 16.7 Å². The van der Waals surface area contributed by atoms with Crippen molar-refractivity contribution in [2.45, 2.75) is 0 Å². The number of ether oxygens (including phenoxy) is 3. The van der Waals surface area contributed by atoms with Crippen LogP contribution in [0.3, 0.4) is 0 Å². The third-order valence-corrected chi connectivity index (χ3v) is 5.46. The lowest BCUT2D eigenvalue weighted by molar-refractivity contribution is -0.113. The molecular weight excluding hydrogens is 366 g/mol. The Morgan fingerprint density at radius 2 is 1.93 bits per heavy atom. The van der Waals surface area contributed by atoms with Crippen LogP contribution in [0.25, 0.3) is 6.08 Å².